The Kier molecular flexibility index (Phi) is 8.51. The van der Waals surface area contributed by atoms with Gasteiger partial charge in [0.1, 0.15) is 5.75 Å². The number of carbonyl (C=O) groups excluding carboxylic acids is 1. The third kappa shape index (κ3) is 7.71. The summed E-state index contributed by atoms with van der Waals surface area (Å²) in [7, 11) is 0. The summed E-state index contributed by atoms with van der Waals surface area (Å²) in [6, 6.07) is 6.07. The molecule has 118 valence electrons. The zero-order valence-electron chi connectivity index (χ0n) is 13.5. The summed E-state index contributed by atoms with van der Waals surface area (Å²) >= 11 is 0. The highest BCUT2D eigenvalue weighted by molar-refractivity contribution is 5.75. The number of amides is 1. The minimum atomic E-state index is 0.0944. The predicted molar refractivity (Wildman–Crippen MR) is 86.8 cm³/mol. The first-order chi connectivity index (χ1) is 10.1. The Morgan fingerprint density at radius 1 is 1.14 bits per heavy atom. The van der Waals surface area contributed by atoms with E-state index in [4.69, 9.17) is 4.74 Å². The van der Waals surface area contributed by atoms with Crippen LogP contribution in [0, 0.1) is 13.8 Å². The van der Waals surface area contributed by atoms with Crippen molar-refractivity contribution in [3.63, 3.8) is 0 Å². The third-order valence-corrected chi connectivity index (χ3v) is 3.35. The van der Waals surface area contributed by atoms with Gasteiger partial charge in [0.05, 0.1) is 6.61 Å². The lowest BCUT2D eigenvalue weighted by Crippen LogP contribution is -2.32. The molecule has 21 heavy (non-hydrogen) atoms. The molecule has 0 bridgehead atoms. The summed E-state index contributed by atoms with van der Waals surface area (Å²) in [6.45, 7) is 9.38. The lowest BCUT2D eigenvalue weighted by atomic mass is 10.1. The molecule has 0 aliphatic rings. The Hall–Kier alpha value is -1.55. The second-order valence-electron chi connectivity index (χ2n) is 5.30. The van der Waals surface area contributed by atoms with E-state index in [0.717, 1.165) is 31.7 Å². The maximum Gasteiger partial charge on any atom is 0.220 e. The van der Waals surface area contributed by atoms with E-state index in [1.165, 1.54) is 11.1 Å². The minimum absolute atomic E-state index is 0.0944. The molecule has 0 fully saturated rings. The second-order valence-corrected chi connectivity index (χ2v) is 5.30. The fourth-order valence-corrected chi connectivity index (χ4v) is 1.91. The first kappa shape index (κ1) is 17.5. The number of aryl methyl sites for hydroxylation is 2. The Bertz CT molecular complexity index is 433. The molecule has 2 N–H and O–H groups in total. The summed E-state index contributed by atoms with van der Waals surface area (Å²) in [5.74, 6) is 0.972. The van der Waals surface area contributed by atoms with Gasteiger partial charge in [-0.15, -0.1) is 0 Å². The topological polar surface area (TPSA) is 50.4 Å². The number of hydrogen-bond acceptors (Lipinski definition) is 3. The van der Waals surface area contributed by atoms with Crippen LogP contribution in [0.25, 0.3) is 0 Å². The Labute approximate surface area is 128 Å². The summed E-state index contributed by atoms with van der Waals surface area (Å²) in [5.41, 5.74) is 2.49. The predicted octanol–water partition coefficient (Wildman–Crippen LogP) is 2.58. The quantitative estimate of drug-likeness (QED) is 0.652. The average molecular weight is 292 g/mol. The van der Waals surface area contributed by atoms with E-state index in [-0.39, 0.29) is 5.91 Å². The number of hydrogen-bond donors (Lipinski definition) is 2. The van der Waals surface area contributed by atoms with Gasteiger partial charge < -0.3 is 15.4 Å². The lowest BCUT2D eigenvalue weighted by molar-refractivity contribution is -0.121. The van der Waals surface area contributed by atoms with Crippen molar-refractivity contribution in [1.29, 1.82) is 0 Å². The minimum Gasteiger partial charge on any atom is -0.494 e. The van der Waals surface area contributed by atoms with Crippen molar-refractivity contribution in [2.24, 2.45) is 0 Å². The van der Waals surface area contributed by atoms with Crippen LogP contribution in [0.4, 0.5) is 0 Å². The molecule has 0 aliphatic carbocycles. The van der Waals surface area contributed by atoms with Gasteiger partial charge in [0.2, 0.25) is 5.91 Å². The van der Waals surface area contributed by atoms with Crippen LogP contribution in [0.15, 0.2) is 18.2 Å². The number of nitrogens with one attached hydrogen (secondary N) is 2. The van der Waals surface area contributed by atoms with Crippen molar-refractivity contribution in [3.05, 3.63) is 29.3 Å². The van der Waals surface area contributed by atoms with Crippen LogP contribution < -0.4 is 15.4 Å². The number of carbonyl (C=O) groups is 1. The van der Waals surface area contributed by atoms with Crippen molar-refractivity contribution in [2.45, 2.75) is 40.0 Å². The molecule has 0 heterocycles. The second kappa shape index (κ2) is 10.2. The van der Waals surface area contributed by atoms with Crippen LogP contribution in [0.2, 0.25) is 0 Å². The third-order valence-electron chi connectivity index (χ3n) is 3.35. The molecule has 0 saturated carbocycles. The van der Waals surface area contributed by atoms with Crippen LogP contribution in [-0.2, 0) is 4.79 Å². The fourth-order valence-electron chi connectivity index (χ4n) is 1.91. The Morgan fingerprint density at radius 2 is 1.95 bits per heavy atom. The standard InChI is InChI=1S/C17H28N2O2/c1-4-9-18-10-11-19-17(20)6-5-12-21-16-8-7-14(2)15(3)13-16/h7-8,13,18H,4-6,9-12H2,1-3H3,(H,19,20). The summed E-state index contributed by atoms with van der Waals surface area (Å²) in [6.07, 6.45) is 2.36. The normalized spacial score (nSPS) is 10.4. The average Bonchev–Trinajstić information content (AvgIpc) is 2.47. The van der Waals surface area contributed by atoms with E-state index in [9.17, 15) is 4.79 Å². The lowest BCUT2D eigenvalue weighted by Gasteiger charge is -2.09. The van der Waals surface area contributed by atoms with Crippen LogP contribution >= 0.6 is 0 Å². The largest absolute Gasteiger partial charge is 0.494 e. The van der Waals surface area contributed by atoms with E-state index in [2.05, 4.69) is 37.5 Å². The van der Waals surface area contributed by atoms with E-state index in [1.807, 2.05) is 12.1 Å². The van der Waals surface area contributed by atoms with E-state index in [0.29, 0.717) is 19.6 Å². The molecule has 1 amide bonds. The Morgan fingerprint density at radius 3 is 2.67 bits per heavy atom. The number of rotatable bonds is 10. The summed E-state index contributed by atoms with van der Waals surface area (Å²) in [5, 5.41) is 6.15. The first-order valence-electron chi connectivity index (χ1n) is 7.81. The van der Waals surface area contributed by atoms with Gasteiger partial charge in [-0.05, 0) is 56.5 Å². The van der Waals surface area contributed by atoms with E-state index < -0.39 is 0 Å². The van der Waals surface area contributed by atoms with Crippen LogP contribution in [0.3, 0.4) is 0 Å². The molecule has 4 heteroatoms. The van der Waals surface area contributed by atoms with Gasteiger partial charge in [-0.2, -0.15) is 0 Å². The molecule has 0 aromatic heterocycles. The Balaban J connectivity index is 2.07. The van der Waals surface area contributed by atoms with Crippen LogP contribution in [0.5, 0.6) is 5.75 Å². The molecule has 0 unspecified atom stereocenters. The molecule has 1 aromatic rings. The van der Waals surface area contributed by atoms with Gasteiger partial charge in [-0.1, -0.05) is 13.0 Å². The molecule has 1 rings (SSSR count). The van der Waals surface area contributed by atoms with Crippen molar-refractivity contribution in [3.8, 4) is 5.75 Å². The molecule has 0 spiro atoms. The van der Waals surface area contributed by atoms with Gasteiger partial charge >= 0.3 is 0 Å². The van der Waals surface area contributed by atoms with Gasteiger partial charge in [-0.25, -0.2) is 0 Å². The van der Waals surface area contributed by atoms with Gasteiger partial charge in [0, 0.05) is 19.5 Å². The molecule has 4 nitrogen and oxygen atoms in total. The van der Waals surface area contributed by atoms with E-state index >= 15 is 0 Å². The molecule has 1 aromatic carbocycles. The van der Waals surface area contributed by atoms with E-state index in [1.54, 1.807) is 0 Å². The summed E-state index contributed by atoms with van der Waals surface area (Å²) < 4.78 is 5.66. The molecule has 0 aliphatic heterocycles. The highest BCUT2D eigenvalue weighted by Crippen LogP contribution is 2.16. The van der Waals surface area contributed by atoms with Gasteiger partial charge in [0.15, 0.2) is 0 Å². The molecule has 0 atom stereocenters. The van der Waals surface area contributed by atoms with Gasteiger partial charge in [0.25, 0.3) is 0 Å². The SMILES string of the molecule is CCCNCCNC(=O)CCCOc1ccc(C)c(C)c1. The van der Waals surface area contributed by atoms with Crippen LogP contribution in [-0.4, -0.2) is 32.1 Å². The van der Waals surface area contributed by atoms with Gasteiger partial charge in [-0.3, -0.25) is 4.79 Å². The highest BCUT2D eigenvalue weighted by atomic mass is 16.5. The summed E-state index contributed by atoms with van der Waals surface area (Å²) in [4.78, 5) is 11.6. The monoisotopic (exact) mass is 292 g/mol. The van der Waals surface area contributed by atoms with Crippen molar-refractivity contribution < 1.29 is 9.53 Å². The molecule has 0 radical (unpaired) electrons. The first-order valence-corrected chi connectivity index (χ1v) is 7.81. The van der Waals surface area contributed by atoms with Crippen molar-refractivity contribution in [1.82, 2.24) is 10.6 Å². The molecule has 0 saturated heterocycles. The van der Waals surface area contributed by atoms with Crippen molar-refractivity contribution >= 4 is 5.91 Å². The van der Waals surface area contributed by atoms with Crippen molar-refractivity contribution in [2.75, 3.05) is 26.2 Å². The highest BCUT2D eigenvalue weighted by Gasteiger charge is 2.01. The zero-order chi connectivity index (χ0) is 15.5. The smallest absolute Gasteiger partial charge is 0.220 e. The fraction of sp³-hybridized carbons (Fsp3) is 0.588. The van der Waals surface area contributed by atoms with Crippen LogP contribution in [0.1, 0.15) is 37.3 Å². The maximum atomic E-state index is 11.6. The number of ether oxygens (including phenoxy) is 1. The number of benzene rings is 1. The zero-order valence-corrected chi connectivity index (χ0v) is 13.5. The molecular formula is C17H28N2O2. The molecular weight excluding hydrogens is 264 g/mol. The maximum absolute atomic E-state index is 11.6.